The van der Waals surface area contributed by atoms with Gasteiger partial charge in [-0.05, 0) is 18.6 Å². The zero-order chi connectivity index (χ0) is 14.6. The van der Waals surface area contributed by atoms with E-state index in [0.29, 0.717) is 43.7 Å². The lowest BCUT2D eigenvalue weighted by atomic mass is 10.3. The summed E-state index contributed by atoms with van der Waals surface area (Å²) >= 11 is 0. The Bertz CT molecular complexity index is 345. The number of hydrogen-bond acceptors (Lipinski definition) is 5. The molecule has 0 aliphatic rings. The van der Waals surface area contributed by atoms with Crippen LogP contribution in [-0.4, -0.2) is 47.3 Å². The van der Waals surface area contributed by atoms with Crippen LogP contribution in [0, 0.1) is 0 Å². The Morgan fingerprint density at radius 1 is 0.800 bits per heavy atom. The third kappa shape index (κ3) is 5.67. The average molecular weight is 284 g/mol. The predicted octanol–water partition coefficient (Wildman–Crippen LogP) is 2.53. The van der Waals surface area contributed by atoms with Crippen LogP contribution < -0.4 is 14.2 Å². The Hall–Kier alpha value is -1.46. The summed E-state index contributed by atoms with van der Waals surface area (Å²) in [7, 11) is 3.20. The molecule has 0 aliphatic carbocycles. The van der Waals surface area contributed by atoms with Crippen molar-refractivity contribution >= 4 is 0 Å². The molecule has 0 saturated heterocycles. The third-order valence-corrected chi connectivity index (χ3v) is 2.58. The monoisotopic (exact) mass is 284 g/mol. The molecule has 5 heteroatoms. The number of methoxy groups -OCH3 is 2. The van der Waals surface area contributed by atoms with Gasteiger partial charge >= 0.3 is 0 Å². The molecule has 114 valence electrons. The van der Waals surface area contributed by atoms with Crippen LogP contribution in [0.25, 0.3) is 0 Å². The highest BCUT2D eigenvalue weighted by Crippen LogP contribution is 2.36. The highest BCUT2D eigenvalue weighted by Gasteiger charge is 2.10. The molecule has 20 heavy (non-hydrogen) atoms. The lowest BCUT2D eigenvalue weighted by Crippen LogP contribution is -2.11. The van der Waals surface area contributed by atoms with Gasteiger partial charge in [-0.3, -0.25) is 0 Å². The van der Waals surface area contributed by atoms with Gasteiger partial charge in [0.05, 0.1) is 34.0 Å². The van der Waals surface area contributed by atoms with E-state index in [9.17, 15) is 0 Å². The fourth-order valence-corrected chi connectivity index (χ4v) is 1.63. The first-order valence-corrected chi connectivity index (χ1v) is 6.82. The maximum Gasteiger partial charge on any atom is 0.203 e. The van der Waals surface area contributed by atoms with Crippen molar-refractivity contribution in [1.29, 1.82) is 0 Å². The average Bonchev–Trinajstić information content (AvgIpc) is 2.49. The predicted molar refractivity (Wildman–Crippen MR) is 77.0 cm³/mol. The Kier molecular flexibility index (Phi) is 8.58. The Balaban J connectivity index is 2.27. The van der Waals surface area contributed by atoms with Gasteiger partial charge in [0, 0.05) is 6.61 Å². The van der Waals surface area contributed by atoms with E-state index in [1.165, 1.54) is 0 Å². The molecule has 0 radical (unpaired) electrons. The van der Waals surface area contributed by atoms with Gasteiger partial charge in [-0.1, -0.05) is 13.0 Å². The minimum atomic E-state index is 0.435. The van der Waals surface area contributed by atoms with Crippen LogP contribution in [0.4, 0.5) is 0 Å². The first-order valence-electron chi connectivity index (χ1n) is 6.82. The van der Waals surface area contributed by atoms with Crippen molar-refractivity contribution in [3.8, 4) is 17.2 Å². The molecule has 0 heterocycles. The van der Waals surface area contributed by atoms with Crippen LogP contribution in [-0.2, 0) is 9.47 Å². The number of para-hydroxylation sites is 1. The summed E-state index contributed by atoms with van der Waals surface area (Å²) in [4.78, 5) is 0. The third-order valence-electron chi connectivity index (χ3n) is 2.58. The zero-order valence-corrected chi connectivity index (χ0v) is 12.5. The number of rotatable bonds is 11. The van der Waals surface area contributed by atoms with E-state index < -0.39 is 0 Å². The van der Waals surface area contributed by atoms with Crippen molar-refractivity contribution < 1.29 is 23.7 Å². The van der Waals surface area contributed by atoms with Crippen LogP contribution in [0.2, 0.25) is 0 Å². The van der Waals surface area contributed by atoms with Crippen LogP contribution in [0.1, 0.15) is 13.3 Å². The normalized spacial score (nSPS) is 10.3. The van der Waals surface area contributed by atoms with Gasteiger partial charge in [0.15, 0.2) is 11.5 Å². The molecular formula is C15H24O5. The Labute approximate surface area is 120 Å². The van der Waals surface area contributed by atoms with E-state index >= 15 is 0 Å². The second-order valence-corrected chi connectivity index (χ2v) is 4.06. The molecular weight excluding hydrogens is 260 g/mol. The smallest absolute Gasteiger partial charge is 0.203 e. The summed E-state index contributed by atoms with van der Waals surface area (Å²) in [5, 5.41) is 0. The molecule has 1 aromatic rings. The van der Waals surface area contributed by atoms with E-state index in [1.807, 2.05) is 18.2 Å². The van der Waals surface area contributed by atoms with Gasteiger partial charge in [-0.15, -0.1) is 0 Å². The van der Waals surface area contributed by atoms with Crippen LogP contribution >= 0.6 is 0 Å². The molecule has 0 aliphatic heterocycles. The zero-order valence-electron chi connectivity index (χ0n) is 12.5. The molecule has 0 aromatic heterocycles. The molecule has 0 atom stereocenters. The number of benzene rings is 1. The molecule has 0 fully saturated rings. The Morgan fingerprint density at radius 2 is 1.35 bits per heavy atom. The topological polar surface area (TPSA) is 46.2 Å². The van der Waals surface area contributed by atoms with Gasteiger partial charge in [0.1, 0.15) is 6.61 Å². The SMILES string of the molecule is CCCOCCOCCOc1c(OC)cccc1OC. The van der Waals surface area contributed by atoms with E-state index in [1.54, 1.807) is 14.2 Å². The molecule has 0 spiro atoms. The first kappa shape index (κ1) is 16.6. The number of ether oxygens (including phenoxy) is 5. The van der Waals surface area contributed by atoms with Gasteiger partial charge in [0.2, 0.25) is 5.75 Å². The van der Waals surface area contributed by atoms with Gasteiger partial charge in [0.25, 0.3) is 0 Å². The fraction of sp³-hybridized carbons (Fsp3) is 0.600. The second kappa shape index (κ2) is 10.3. The van der Waals surface area contributed by atoms with Crippen molar-refractivity contribution in [3.63, 3.8) is 0 Å². The first-order chi connectivity index (χ1) is 9.83. The maximum absolute atomic E-state index is 5.66. The summed E-state index contributed by atoms with van der Waals surface area (Å²) in [6, 6.07) is 5.51. The van der Waals surface area contributed by atoms with Crippen LogP contribution in [0.15, 0.2) is 18.2 Å². The highest BCUT2D eigenvalue weighted by atomic mass is 16.6. The van der Waals surface area contributed by atoms with Crippen molar-refractivity contribution in [2.75, 3.05) is 47.3 Å². The van der Waals surface area contributed by atoms with Gasteiger partial charge in [-0.25, -0.2) is 0 Å². The lowest BCUT2D eigenvalue weighted by Gasteiger charge is -2.14. The molecule has 1 rings (SSSR count). The molecule has 1 aromatic carbocycles. The summed E-state index contributed by atoms with van der Waals surface area (Å²) in [5.74, 6) is 1.90. The summed E-state index contributed by atoms with van der Waals surface area (Å²) in [6.07, 6.45) is 1.02. The quantitative estimate of drug-likeness (QED) is 0.584. The standard InChI is InChI=1S/C15H24O5/c1-4-8-18-9-10-19-11-12-20-15-13(16-2)6-5-7-14(15)17-3/h5-7H,4,8-12H2,1-3H3. The molecule has 0 saturated carbocycles. The molecule has 0 amide bonds. The van der Waals surface area contributed by atoms with Gasteiger partial charge in [-0.2, -0.15) is 0 Å². The van der Waals surface area contributed by atoms with Crippen molar-refractivity contribution in [2.24, 2.45) is 0 Å². The summed E-state index contributed by atoms with van der Waals surface area (Å²) in [6.45, 7) is 4.98. The second-order valence-electron chi connectivity index (χ2n) is 4.06. The highest BCUT2D eigenvalue weighted by molar-refractivity contribution is 5.51. The largest absolute Gasteiger partial charge is 0.493 e. The maximum atomic E-state index is 5.66. The van der Waals surface area contributed by atoms with Crippen molar-refractivity contribution in [3.05, 3.63) is 18.2 Å². The van der Waals surface area contributed by atoms with E-state index in [-0.39, 0.29) is 0 Å². The lowest BCUT2D eigenvalue weighted by molar-refractivity contribution is 0.0360. The summed E-state index contributed by atoms with van der Waals surface area (Å²) in [5.41, 5.74) is 0. The Morgan fingerprint density at radius 3 is 1.90 bits per heavy atom. The van der Waals surface area contributed by atoms with E-state index in [2.05, 4.69) is 6.92 Å². The van der Waals surface area contributed by atoms with Gasteiger partial charge < -0.3 is 23.7 Å². The van der Waals surface area contributed by atoms with Crippen molar-refractivity contribution in [2.45, 2.75) is 13.3 Å². The fourth-order valence-electron chi connectivity index (χ4n) is 1.63. The van der Waals surface area contributed by atoms with Crippen molar-refractivity contribution in [1.82, 2.24) is 0 Å². The number of hydrogen-bond donors (Lipinski definition) is 0. The molecule has 0 N–H and O–H groups in total. The molecule has 0 unspecified atom stereocenters. The summed E-state index contributed by atoms with van der Waals surface area (Å²) < 4.78 is 26.9. The minimum absolute atomic E-state index is 0.435. The molecule has 5 nitrogen and oxygen atoms in total. The van der Waals surface area contributed by atoms with Crippen LogP contribution in [0.3, 0.4) is 0 Å². The van der Waals surface area contributed by atoms with Crippen LogP contribution in [0.5, 0.6) is 17.2 Å². The minimum Gasteiger partial charge on any atom is -0.493 e. The van der Waals surface area contributed by atoms with E-state index in [4.69, 9.17) is 23.7 Å². The van der Waals surface area contributed by atoms with E-state index in [0.717, 1.165) is 13.0 Å². The molecule has 0 bridgehead atoms.